The molecule has 0 aromatic rings. The fourth-order valence-electron chi connectivity index (χ4n) is 1.70. The van der Waals surface area contributed by atoms with Gasteiger partial charge in [0.05, 0.1) is 25.6 Å². The van der Waals surface area contributed by atoms with Crippen LogP contribution in [0.5, 0.6) is 0 Å². The molecule has 12 nitrogen and oxygen atoms in total. The van der Waals surface area contributed by atoms with Crippen LogP contribution in [0, 0.1) is 5.92 Å². The van der Waals surface area contributed by atoms with Gasteiger partial charge in [-0.15, -0.1) is 0 Å². The first-order valence-electron chi connectivity index (χ1n) is 7.74. The quantitative estimate of drug-likeness (QED) is 0.188. The van der Waals surface area contributed by atoms with E-state index in [9.17, 15) is 29.1 Å². The van der Waals surface area contributed by atoms with Crippen molar-refractivity contribution in [1.82, 2.24) is 16.0 Å². The minimum atomic E-state index is -1.53. The van der Waals surface area contributed by atoms with E-state index in [4.69, 9.17) is 16.6 Å². The number of carbonyl (C=O) groups is 5. The largest absolute Gasteiger partial charge is 0.480 e. The Morgan fingerprint density at radius 1 is 1.00 bits per heavy atom. The predicted octanol–water partition coefficient (Wildman–Crippen LogP) is -3.99. The first-order chi connectivity index (χ1) is 12.0. The molecule has 0 bridgehead atoms. The third-order valence-electron chi connectivity index (χ3n) is 3.30. The van der Waals surface area contributed by atoms with Crippen LogP contribution in [0.1, 0.15) is 20.3 Å². The molecule has 148 valence electrons. The van der Waals surface area contributed by atoms with Crippen molar-refractivity contribution in [3.05, 3.63) is 0 Å². The van der Waals surface area contributed by atoms with Gasteiger partial charge in [-0.05, 0) is 5.92 Å². The van der Waals surface area contributed by atoms with Gasteiger partial charge in [0, 0.05) is 0 Å². The Kier molecular flexibility index (Phi) is 9.84. The molecule has 4 amide bonds. The topological polar surface area (TPSA) is 214 Å². The van der Waals surface area contributed by atoms with Crippen molar-refractivity contribution >= 4 is 29.6 Å². The Morgan fingerprint density at radius 2 is 1.58 bits per heavy atom. The highest BCUT2D eigenvalue weighted by Crippen LogP contribution is 1.98. The summed E-state index contributed by atoms with van der Waals surface area (Å²) >= 11 is 0. The van der Waals surface area contributed by atoms with Crippen molar-refractivity contribution < 1.29 is 34.2 Å². The second-order valence-electron chi connectivity index (χ2n) is 5.86. The lowest BCUT2D eigenvalue weighted by molar-refractivity contribution is -0.143. The number of carboxylic acids is 1. The van der Waals surface area contributed by atoms with Gasteiger partial charge in [-0.25, -0.2) is 4.79 Å². The Labute approximate surface area is 149 Å². The number of carboxylic acid groups (broad SMARTS) is 1. The Hall–Kier alpha value is -2.73. The highest BCUT2D eigenvalue weighted by molar-refractivity contribution is 5.93. The van der Waals surface area contributed by atoms with Crippen molar-refractivity contribution in [2.45, 2.75) is 38.4 Å². The van der Waals surface area contributed by atoms with Gasteiger partial charge in [0.2, 0.25) is 23.6 Å². The van der Waals surface area contributed by atoms with Crippen molar-refractivity contribution in [3.63, 3.8) is 0 Å². The lowest BCUT2D eigenvalue weighted by Crippen LogP contribution is -2.55. The average Bonchev–Trinajstić information content (AvgIpc) is 2.55. The molecule has 0 fully saturated rings. The van der Waals surface area contributed by atoms with E-state index in [2.05, 4.69) is 10.6 Å². The molecule has 0 saturated carbocycles. The summed E-state index contributed by atoms with van der Waals surface area (Å²) in [7, 11) is 0. The number of hydrogen-bond donors (Lipinski definition) is 7. The van der Waals surface area contributed by atoms with E-state index in [1.807, 2.05) is 5.32 Å². The monoisotopic (exact) mass is 375 g/mol. The summed E-state index contributed by atoms with van der Waals surface area (Å²) in [5.74, 6) is -4.99. The van der Waals surface area contributed by atoms with Gasteiger partial charge in [-0.1, -0.05) is 13.8 Å². The average molecular weight is 375 g/mol. The van der Waals surface area contributed by atoms with Crippen molar-refractivity contribution in [1.29, 1.82) is 0 Å². The van der Waals surface area contributed by atoms with Crippen LogP contribution in [-0.2, 0) is 24.0 Å². The van der Waals surface area contributed by atoms with Gasteiger partial charge in [-0.2, -0.15) is 0 Å². The summed E-state index contributed by atoms with van der Waals surface area (Å²) in [6, 6.07) is -3.75. The van der Waals surface area contributed by atoms with Crippen LogP contribution < -0.4 is 27.4 Å². The van der Waals surface area contributed by atoms with E-state index in [0.29, 0.717) is 0 Å². The molecule has 0 saturated heterocycles. The fourth-order valence-corrected chi connectivity index (χ4v) is 1.70. The molecule has 0 spiro atoms. The van der Waals surface area contributed by atoms with Gasteiger partial charge in [0.15, 0.2) is 0 Å². The summed E-state index contributed by atoms with van der Waals surface area (Å²) in [6.45, 7) is 2.04. The molecule has 0 aliphatic heterocycles. The highest BCUT2D eigenvalue weighted by Gasteiger charge is 2.26. The summed E-state index contributed by atoms with van der Waals surface area (Å²) in [4.78, 5) is 57.0. The normalized spacial score (nSPS) is 14.0. The van der Waals surface area contributed by atoms with Crippen molar-refractivity contribution in [3.8, 4) is 0 Å². The predicted molar refractivity (Wildman–Crippen MR) is 88.2 cm³/mol. The number of primary amides is 1. The summed E-state index contributed by atoms with van der Waals surface area (Å²) in [5.41, 5.74) is 10.5. The summed E-state index contributed by atoms with van der Waals surface area (Å²) < 4.78 is 0. The van der Waals surface area contributed by atoms with Gasteiger partial charge in [0.1, 0.15) is 12.1 Å². The molecule has 0 rings (SSSR count). The van der Waals surface area contributed by atoms with Crippen LogP contribution in [0.3, 0.4) is 0 Å². The molecule has 12 heteroatoms. The maximum absolute atomic E-state index is 11.9. The summed E-state index contributed by atoms with van der Waals surface area (Å²) in [6.07, 6.45) is -0.614. The zero-order valence-electron chi connectivity index (χ0n) is 14.5. The lowest BCUT2D eigenvalue weighted by atomic mass is 10.0. The number of amides is 4. The Morgan fingerprint density at radius 3 is 2.00 bits per heavy atom. The van der Waals surface area contributed by atoms with Crippen molar-refractivity contribution in [2.75, 3.05) is 13.2 Å². The number of aliphatic carboxylic acids is 1. The van der Waals surface area contributed by atoms with E-state index < -0.39 is 67.3 Å². The minimum Gasteiger partial charge on any atom is -0.480 e. The number of nitrogens with two attached hydrogens (primary N) is 2. The van der Waals surface area contributed by atoms with Crippen LogP contribution in [-0.4, -0.2) is 71.1 Å². The lowest BCUT2D eigenvalue weighted by Gasteiger charge is -2.20. The number of carbonyl (C=O) groups excluding carboxylic acids is 4. The molecule has 0 aliphatic carbocycles. The van der Waals surface area contributed by atoms with Crippen LogP contribution in [0.4, 0.5) is 0 Å². The van der Waals surface area contributed by atoms with E-state index in [1.54, 1.807) is 13.8 Å². The molecule has 0 aromatic heterocycles. The zero-order chi connectivity index (χ0) is 20.4. The number of aliphatic hydroxyl groups excluding tert-OH is 1. The number of hydrogen-bond acceptors (Lipinski definition) is 7. The third kappa shape index (κ3) is 8.39. The molecule has 0 aliphatic rings. The van der Waals surface area contributed by atoms with Crippen molar-refractivity contribution in [2.24, 2.45) is 17.4 Å². The third-order valence-corrected chi connectivity index (χ3v) is 3.30. The van der Waals surface area contributed by atoms with E-state index >= 15 is 0 Å². The second kappa shape index (κ2) is 11.0. The molecule has 0 heterocycles. The maximum atomic E-state index is 11.9. The van der Waals surface area contributed by atoms with E-state index in [-0.39, 0.29) is 5.92 Å². The smallest absolute Gasteiger partial charge is 0.326 e. The van der Waals surface area contributed by atoms with Crippen LogP contribution in [0.25, 0.3) is 0 Å². The fraction of sp³-hybridized carbons (Fsp3) is 0.643. The molecule has 3 atom stereocenters. The second-order valence-corrected chi connectivity index (χ2v) is 5.86. The first kappa shape index (κ1) is 23.3. The molecular weight excluding hydrogens is 350 g/mol. The van der Waals surface area contributed by atoms with E-state index in [0.717, 1.165) is 0 Å². The van der Waals surface area contributed by atoms with Crippen LogP contribution in [0.15, 0.2) is 0 Å². The minimum absolute atomic E-state index is 0.193. The highest BCUT2D eigenvalue weighted by atomic mass is 16.4. The van der Waals surface area contributed by atoms with Crippen LogP contribution >= 0.6 is 0 Å². The van der Waals surface area contributed by atoms with Gasteiger partial charge in [-0.3, -0.25) is 19.2 Å². The van der Waals surface area contributed by atoms with Gasteiger partial charge < -0.3 is 37.6 Å². The standard InChI is InChI=1S/C14H25N5O7/c1-6(2)11(16)13(24)19-8(5-20)12(23)17-4-10(22)18-7(14(25)26)3-9(15)21/h6-8,11,20H,3-5,16H2,1-2H3,(H2,15,21)(H,17,23)(H,18,22)(H,19,24)(H,25,26). The number of aliphatic hydroxyl groups is 1. The molecule has 0 radical (unpaired) electrons. The Balaban J connectivity index is 4.59. The molecule has 0 aromatic carbocycles. The molecule has 9 N–H and O–H groups in total. The molecule has 3 unspecified atom stereocenters. The Bertz CT molecular complexity index is 552. The number of rotatable bonds is 11. The number of nitrogens with one attached hydrogen (secondary N) is 3. The zero-order valence-corrected chi connectivity index (χ0v) is 14.5. The molecule has 26 heavy (non-hydrogen) atoms. The molecular formula is C14H25N5O7. The first-order valence-corrected chi connectivity index (χ1v) is 7.74. The van der Waals surface area contributed by atoms with Gasteiger partial charge in [0.25, 0.3) is 0 Å². The maximum Gasteiger partial charge on any atom is 0.326 e. The van der Waals surface area contributed by atoms with E-state index in [1.165, 1.54) is 0 Å². The van der Waals surface area contributed by atoms with Crippen LogP contribution in [0.2, 0.25) is 0 Å². The SMILES string of the molecule is CC(C)C(N)C(=O)NC(CO)C(=O)NCC(=O)NC(CC(N)=O)C(=O)O. The van der Waals surface area contributed by atoms with Gasteiger partial charge >= 0.3 is 5.97 Å². The summed E-state index contributed by atoms with van der Waals surface area (Å²) in [5, 5.41) is 24.5.